The van der Waals surface area contributed by atoms with Gasteiger partial charge in [-0.25, -0.2) is 0 Å². The third kappa shape index (κ3) is 0.688. The molecule has 2 nitrogen and oxygen atoms in total. The topological polar surface area (TPSA) is 26.3 Å². The van der Waals surface area contributed by atoms with Crippen LogP contribution in [-0.2, 0) is 9.53 Å². The molecular weight excluding hydrogens is 176 g/mol. The molecule has 1 aliphatic heterocycles. The minimum atomic E-state index is 0.100. The molecule has 0 unspecified atom stereocenters. The zero-order chi connectivity index (χ0) is 9.28. The van der Waals surface area contributed by atoms with Gasteiger partial charge >= 0.3 is 5.97 Å². The SMILES string of the molecule is O=C1OC[C@H]2C[C@@H]3[C@@H]([C@H]12)[C@H]1C=C[C@H]3C1. The van der Waals surface area contributed by atoms with Crippen LogP contribution in [0.2, 0.25) is 0 Å². The molecule has 6 atom stereocenters. The van der Waals surface area contributed by atoms with Crippen molar-refractivity contribution in [3.63, 3.8) is 0 Å². The van der Waals surface area contributed by atoms with Crippen molar-refractivity contribution in [1.29, 1.82) is 0 Å². The average molecular weight is 190 g/mol. The second kappa shape index (κ2) is 2.23. The molecule has 0 spiro atoms. The second-order valence-corrected chi connectivity index (χ2v) is 5.34. The molecule has 2 bridgehead atoms. The van der Waals surface area contributed by atoms with Crippen LogP contribution in [0.1, 0.15) is 12.8 Å². The van der Waals surface area contributed by atoms with Crippen molar-refractivity contribution in [3.05, 3.63) is 12.2 Å². The molecule has 3 fully saturated rings. The van der Waals surface area contributed by atoms with Crippen LogP contribution in [0.3, 0.4) is 0 Å². The Morgan fingerprint density at radius 2 is 2.07 bits per heavy atom. The van der Waals surface area contributed by atoms with Crippen molar-refractivity contribution < 1.29 is 9.53 Å². The van der Waals surface area contributed by atoms with E-state index in [1.165, 1.54) is 12.8 Å². The van der Waals surface area contributed by atoms with Gasteiger partial charge in [-0.1, -0.05) is 12.2 Å². The zero-order valence-corrected chi connectivity index (χ0v) is 8.06. The Morgan fingerprint density at radius 1 is 1.21 bits per heavy atom. The van der Waals surface area contributed by atoms with E-state index in [2.05, 4.69) is 12.2 Å². The molecule has 0 radical (unpaired) electrons. The molecule has 0 aromatic carbocycles. The molecule has 74 valence electrons. The Morgan fingerprint density at radius 3 is 3.00 bits per heavy atom. The highest BCUT2D eigenvalue weighted by atomic mass is 16.5. The first kappa shape index (κ1) is 7.49. The first-order chi connectivity index (χ1) is 6.84. The molecular formula is C12H14O2. The number of carbonyl (C=O) groups excluding carboxylic acids is 1. The van der Waals surface area contributed by atoms with Gasteiger partial charge in [-0.2, -0.15) is 0 Å². The van der Waals surface area contributed by atoms with E-state index >= 15 is 0 Å². The van der Waals surface area contributed by atoms with E-state index in [4.69, 9.17) is 4.74 Å². The maximum Gasteiger partial charge on any atom is 0.309 e. The molecule has 3 aliphatic carbocycles. The predicted molar refractivity (Wildman–Crippen MR) is 50.3 cm³/mol. The lowest BCUT2D eigenvalue weighted by Gasteiger charge is -2.23. The summed E-state index contributed by atoms with van der Waals surface area (Å²) in [7, 11) is 0. The summed E-state index contributed by atoms with van der Waals surface area (Å²) in [5, 5.41) is 0. The lowest BCUT2D eigenvalue weighted by atomic mass is 9.81. The fourth-order valence-electron chi connectivity index (χ4n) is 4.44. The zero-order valence-electron chi connectivity index (χ0n) is 8.06. The van der Waals surface area contributed by atoms with Gasteiger partial charge in [0.15, 0.2) is 0 Å². The number of esters is 1. The van der Waals surface area contributed by atoms with E-state index in [1.54, 1.807) is 0 Å². The molecule has 14 heavy (non-hydrogen) atoms. The van der Waals surface area contributed by atoms with Crippen LogP contribution in [0, 0.1) is 35.5 Å². The van der Waals surface area contributed by atoms with Gasteiger partial charge in [0.25, 0.3) is 0 Å². The Bertz CT molecular complexity index is 333. The minimum absolute atomic E-state index is 0.100. The summed E-state index contributed by atoms with van der Waals surface area (Å²) in [5.41, 5.74) is 0. The summed E-state index contributed by atoms with van der Waals surface area (Å²) in [6, 6.07) is 0. The fourth-order valence-corrected chi connectivity index (χ4v) is 4.44. The first-order valence-corrected chi connectivity index (χ1v) is 5.69. The van der Waals surface area contributed by atoms with E-state index in [0.717, 1.165) is 11.8 Å². The van der Waals surface area contributed by atoms with Gasteiger partial charge in [-0.15, -0.1) is 0 Å². The number of ether oxygens (including phenoxy) is 1. The Hall–Kier alpha value is -0.790. The van der Waals surface area contributed by atoms with E-state index in [-0.39, 0.29) is 11.9 Å². The molecule has 4 rings (SSSR count). The van der Waals surface area contributed by atoms with Crippen LogP contribution in [0.5, 0.6) is 0 Å². The molecule has 4 aliphatic rings. The summed E-state index contributed by atoms with van der Waals surface area (Å²) in [5.74, 6) is 3.87. The predicted octanol–water partition coefficient (Wildman–Crippen LogP) is 1.62. The average Bonchev–Trinajstić information content (AvgIpc) is 2.84. The third-order valence-corrected chi connectivity index (χ3v) is 4.90. The highest BCUT2D eigenvalue weighted by molar-refractivity contribution is 5.76. The third-order valence-electron chi connectivity index (χ3n) is 4.90. The standard InChI is InChI=1S/C12H14O2/c13-12-11-8(5-14-12)4-9-6-1-2-7(3-6)10(9)11/h1-2,6-11H,3-5H2/t6-,7-,8+,9-,10-,11+/m0/s1. The number of fused-ring (bicyclic) bond motifs is 7. The Labute approximate surface area is 83.3 Å². The van der Waals surface area contributed by atoms with Gasteiger partial charge in [-0.3, -0.25) is 4.79 Å². The normalized spacial score (nSPS) is 57.6. The number of hydrogen-bond acceptors (Lipinski definition) is 2. The van der Waals surface area contributed by atoms with Gasteiger partial charge in [0.05, 0.1) is 12.5 Å². The first-order valence-electron chi connectivity index (χ1n) is 5.69. The summed E-state index contributed by atoms with van der Waals surface area (Å²) < 4.78 is 5.17. The molecule has 1 saturated heterocycles. The fraction of sp³-hybridized carbons (Fsp3) is 0.750. The number of carbonyl (C=O) groups is 1. The van der Waals surface area contributed by atoms with E-state index in [9.17, 15) is 4.79 Å². The van der Waals surface area contributed by atoms with Crippen molar-refractivity contribution in [2.24, 2.45) is 35.5 Å². The number of allylic oxidation sites excluding steroid dienone is 2. The van der Waals surface area contributed by atoms with Gasteiger partial charge in [0.2, 0.25) is 0 Å². The number of cyclic esters (lactones) is 1. The highest BCUT2D eigenvalue weighted by Gasteiger charge is 2.59. The van der Waals surface area contributed by atoms with Crippen molar-refractivity contribution in [2.45, 2.75) is 12.8 Å². The van der Waals surface area contributed by atoms with Gasteiger partial charge < -0.3 is 4.74 Å². The minimum Gasteiger partial charge on any atom is -0.465 e. The molecule has 2 heteroatoms. The molecule has 0 amide bonds. The van der Waals surface area contributed by atoms with Gasteiger partial charge in [0.1, 0.15) is 0 Å². The Kier molecular flexibility index (Phi) is 1.20. The number of rotatable bonds is 0. The maximum absolute atomic E-state index is 11.6. The largest absolute Gasteiger partial charge is 0.465 e. The maximum atomic E-state index is 11.6. The lowest BCUT2D eigenvalue weighted by Crippen LogP contribution is -2.24. The molecule has 2 saturated carbocycles. The van der Waals surface area contributed by atoms with Crippen molar-refractivity contribution in [1.82, 2.24) is 0 Å². The van der Waals surface area contributed by atoms with Crippen LogP contribution in [-0.4, -0.2) is 12.6 Å². The Balaban J connectivity index is 1.76. The van der Waals surface area contributed by atoms with Gasteiger partial charge in [0, 0.05) is 5.92 Å². The van der Waals surface area contributed by atoms with Crippen LogP contribution < -0.4 is 0 Å². The molecule has 0 aromatic heterocycles. The van der Waals surface area contributed by atoms with Crippen molar-refractivity contribution >= 4 is 5.97 Å². The lowest BCUT2D eigenvalue weighted by molar-refractivity contribution is -0.143. The van der Waals surface area contributed by atoms with Crippen LogP contribution >= 0.6 is 0 Å². The second-order valence-electron chi connectivity index (χ2n) is 5.34. The monoisotopic (exact) mass is 190 g/mol. The quantitative estimate of drug-likeness (QED) is 0.428. The van der Waals surface area contributed by atoms with Crippen molar-refractivity contribution in [2.75, 3.05) is 6.61 Å². The summed E-state index contributed by atoms with van der Waals surface area (Å²) in [6.45, 7) is 0.704. The van der Waals surface area contributed by atoms with E-state index < -0.39 is 0 Å². The summed E-state index contributed by atoms with van der Waals surface area (Å²) >= 11 is 0. The van der Waals surface area contributed by atoms with Crippen molar-refractivity contribution in [3.8, 4) is 0 Å². The highest BCUT2D eigenvalue weighted by Crippen LogP contribution is 2.61. The smallest absolute Gasteiger partial charge is 0.309 e. The van der Waals surface area contributed by atoms with Crippen LogP contribution in [0.4, 0.5) is 0 Å². The van der Waals surface area contributed by atoms with Crippen LogP contribution in [0.25, 0.3) is 0 Å². The number of hydrogen-bond donors (Lipinski definition) is 0. The molecule has 0 N–H and O–H groups in total. The molecule has 1 heterocycles. The summed E-state index contributed by atoms with van der Waals surface area (Å²) in [6.07, 6.45) is 7.29. The van der Waals surface area contributed by atoms with E-state index in [1.807, 2.05) is 0 Å². The van der Waals surface area contributed by atoms with E-state index in [0.29, 0.717) is 24.4 Å². The van der Waals surface area contributed by atoms with Crippen LogP contribution in [0.15, 0.2) is 12.2 Å². The van der Waals surface area contributed by atoms with Gasteiger partial charge in [-0.05, 0) is 36.5 Å². The molecule has 0 aromatic rings. The summed E-state index contributed by atoms with van der Waals surface area (Å²) in [4.78, 5) is 11.6.